The molecule has 0 bridgehead atoms. The lowest BCUT2D eigenvalue weighted by Crippen LogP contribution is -2.04. The fourth-order valence-corrected chi connectivity index (χ4v) is 2.21. The van der Waals surface area contributed by atoms with Gasteiger partial charge >= 0.3 is 0 Å². The minimum Gasteiger partial charge on any atom is -0.323 e. The maximum absolute atomic E-state index is 8.92. The molecule has 0 fully saturated rings. The molecule has 2 rings (SSSR count). The molecule has 0 spiro atoms. The Labute approximate surface area is 114 Å². The summed E-state index contributed by atoms with van der Waals surface area (Å²) in [6.45, 7) is 11.0. The van der Waals surface area contributed by atoms with Crippen LogP contribution in [0.2, 0.25) is 0 Å². The minimum absolute atomic E-state index is 0.332. The van der Waals surface area contributed by atoms with Crippen molar-refractivity contribution in [2.45, 2.75) is 39.7 Å². The van der Waals surface area contributed by atoms with E-state index in [0.29, 0.717) is 18.9 Å². The van der Waals surface area contributed by atoms with Gasteiger partial charge in [-0.15, -0.1) is 0 Å². The van der Waals surface area contributed by atoms with E-state index in [1.165, 1.54) is 5.56 Å². The predicted octanol–water partition coefficient (Wildman–Crippen LogP) is 3.80. The van der Waals surface area contributed by atoms with Gasteiger partial charge in [-0.05, 0) is 30.5 Å². The van der Waals surface area contributed by atoms with Crippen LogP contribution >= 0.6 is 0 Å². The molecule has 0 aliphatic carbocycles. The first-order chi connectivity index (χ1) is 9.02. The lowest BCUT2D eigenvalue weighted by atomic mass is 10.0. The van der Waals surface area contributed by atoms with E-state index in [2.05, 4.69) is 54.2 Å². The maximum Gasteiger partial charge on any atom is 0.124 e. The highest BCUT2D eigenvalue weighted by molar-refractivity contribution is 5.77. The Balaban J connectivity index is 2.59. The van der Waals surface area contributed by atoms with Gasteiger partial charge in [-0.25, -0.2) is 4.98 Å². The van der Waals surface area contributed by atoms with Gasteiger partial charge in [-0.1, -0.05) is 32.1 Å². The molecule has 1 aromatic carbocycles. The Bertz CT molecular complexity index is 656. The van der Waals surface area contributed by atoms with Crippen molar-refractivity contribution in [3.63, 3.8) is 0 Å². The second kappa shape index (κ2) is 5.27. The molecule has 0 saturated carbocycles. The molecule has 3 nitrogen and oxygen atoms in total. The number of nitrogens with zero attached hydrogens (tertiary/aromatic N) is 3. The molecule has 0 amide bonds. The van der Waals surface area contributed by atoms with Crippen LogP contribution in [0.1, 0.15) is 38.1 Å². The molecule has 1 aromatic heterocycles. The maximum atomic E-state index is 8.92. The van der Waals surface area contributed by atoms with E-state index in [1.807, 2.05) is 6.92 Å². The summed E-state index contributed by atoms with van der Waals surface area (Å²) in [7, 11) is 0. The molecule has 3 heteroatoms. The van der Waals surface area contributed by atoms with Crippen molar-refractivity contribution in [3.8, 4) is 6.07 Å². The summed E-state index contributed by atoms with van der Waals surface area (Å²) in [6, 6.07) is 8.54. The summed E-state index contributed by atoms with van der Waals surface area (Å²) in [5.74, 6) is 1.30. The van der Waals surface area contributed by atoms with Crippen LogP contribution in [-0.4, -0.2) is 9.55 Å². The largest absolute Gasteiger partial charge is 0.323 e. The molecule has 2 aromatic rings. The van der Waals surface area contributed by atoms with E-state index in [1.54, 1.807) is 0 Å². The fraction of sp³-hybridized carbons (Fsp3) is 0.375. The number of allylic oxidation sites excluding steroid dienone is 1. The zero-order valence-corrected chi connectivity index (χ0v) is 11.8. The molecule has 0 saturated heterocycles. The van der Waals surface area contributed by atoms with Gasteiger partial charge in [0.25, 0.3) is 0 Å². The highest BCUT2D eigenvalue weighted by Crippen LogP contribution is 2.23. The lowest BCUT2D eigenvalue weighted by Gasteiger charge is -2.08. The van der Waals surface area contributed by atoms with Gasteiger partial charge in [0, 0.05) is 6.54 Å². The highest BCUT2D eigenvalue weighted by atomic mass is 15.1. The van der Waals surface area contributed by atoms with E-state index < -0.39 is 0 Å². The SMILES string of the molecule is C=C(C)Cn1c(CC#N)nc2cc(C(C)C)ccc21. The quantitative estimate of drug-likeness (QED) is 0.778. The molecule has 0 aliphatic heterocycles. The van der Waals surface area contributed by atoms with E-state index in [-0.39, 0.29) is 0 Å². The number of imidazole rings is 1. The summed E-state index contributed by atoms with van der Waals surface area (Å²) < 4.78 is 2.09. The zero-order valence-electron chi connectivity index (χ0n) is 11.8. The van der Waals surface area contributed by atoms with Crippen molar-refractivity contribution < 1.29 is 0 Å². The van der Waals surface area contributed by atoms with Crippen molar-refractivity contribution in [1.82, 2.24) is 9.55 Å². The van der Waals surface area contributed by atoms with Crippen LogP contribution in [0, 0.1) is 11.3 Å². The Morgan fingerprint density at radius 3 is 2.79 bits per heavy atom. The van der Waals surface area contributed by atoms with Gasteiger partial charge in [-0.2, -0.15) is 5.26 Å². The van der Waals surface area contributed by atoms with Gasteiger partial charge in [0.05, 0.1) is 23.5 Å². The van der Waals surface area contributed by atoms with Crippen molar-refractivity contribution in [2.24, 2.45) is 0 Å². The molecule has 0 radical (unpaired) electrons. The molecule has 19 heavy (non-hydrogen) atoms. The van der Waals surface area contributed by atoms with Crippen LogP contribution in [0.15, 0.2) is 30.4 Å². The average Bonchev–Trinajstić information content (AvgIpc) is 2.66. The van der Waals surface area contributed by atoms with Crippen molar-refractivity contribution in [3.05, 3.63) is 41.7 Å². The Kier molecular flexibility index (Phi) is 3.71. The van der Waals surface area contributed by atoms with Gasteiger partial charge in [0.2, 0.25) is 0 Å². The summed E-state index contributed by atoms with van der Waals surface area (Å²) >= 11 is 0. The van der Waals surface area contributed by atoms with Crippen molar-refractivity contribution in [2.75, 3.05) is 0 Å². The molecule has 0 N–H and O–H groups in total. The van der Waals surface area contributed by atoms with Crippen LogP contribution < -0.4 is 0 Å². The summed E-state index contributed by atoms with van der Waals surface area (Å²) in [4.78, 5) is 4.60. The smallest absolute Gasteiger partial charge is 0.124 e. The summed E-state index contributed by atoms with van der Waals surface area (Å²) in [5.41, 5.74) is 4.39. The number of nitriles is 1. The predicted molar refractivity (Wildman–Crippen MR) is 78.0 cm³/mol. The first-order valence-corrected chi connectivity index (χ1v) is 6.53. The Morgan fingerprint density at radius 1 is 1.47 bits per heavy atom. The van der Waals surface area contributed by atoms with Crippen molar-refractivity contribution >= 4 is 11.0 Å². The Morgan fingerprint density at radius 2 is 2.21 bits per heavy atom. The van der Waals surface area contributed by atoms with Gasteiger partial charge in [-0.3, -0.25) is 0 Å². The minimum atomic E-state index is 0.332. The van der Waals surface area contributed by atoms with E-state index in [4.69, 9.17) is 5.26 Å². The van der Waals surface area contributed by atoms with Gasteiger partial charge in [0.1, 0.15) is 5.82 Å². The van der Waals surface area contributed by atoms with E-state index in [0.717, 1.165) is 22.4 Å². The van der Waals surface area contributed by atoms with Gasteiger partial charge in [0.15, 0.2) is 0 Å². The first kappa shape index (κ1) is 13.4. The summed E-state index contributed by atoms with van der Waals surface area (Å²) in [6.07, 6.45) is 0.332. The second-order valence-corrected chi connectivity index (χ2v) is 5.31. The Hall–Kier alpha value is -2.08. The number of fused-ring (bicyclic) bond motifs is 1. The van der Waals surface area contributed by atoms with Crippen LogP contribution in [0.25, 0.3) is 11.0 Å². The van der Waals surface area contributed by atoms with Gasteiger partial charge < -0.3 is 4.57 Å². The van der Waals surface area contributed by atoms with Crippen LogP contribution in [0.3, 0.4) is 0 Å². The van der Waals surface area contributed by atoms with Crippen molar-refractivity contribution in [1.29, 1.82) is 5.26 Å². The average molecular weight is 253 g/mol. The number of benzene rings is 1. The number of hydrogen-bond donors (Lipinski definition) is 0. The highest BCUT2D eigenvalue weighted by Gasteiger charge is 2.11. The standard InChI is InChI=1S/C16H19N3/c1-11(2)10-19-15-6-5-13(12(3)4)9-14(15)18-16(19)7-8-17/h5-6,9,12H,1,7,10H2,2-4H3. The first-order valence-electron chi connectivity index (χ1n) is 6.53. The topological polar surface area (TPSA) is 41.6 Å². The van der Waals surface area contributed by atoms with Crippen LogP contribution in [-0.2, 0) is 13.0 Å². The monoisotopic (exact) mass is 253 g/mol. The number of hydrogen-bond acceptors (Lipinski definition) is 2. The molecular formula is C16H19N3. The third-order valence-corrected chi connectivity index (χ3v) is 3.18. The molecule has 0 atom stereocenters. The molecule has 98 valence electrons. The molecule has 0 unspecified atom stereocenters. The van der Waals surface area contributed by atoms with Crippen LogP contribution in [0.5, 0.6) is 0 Å². The molecule has 1 heterocycles. The second-order valence-electron chi connectivity index (χ2n) is 5.31. The van der Waals surface area contributed by atoms with Crippen LogP contribution in [0.4, 0.5) is 0 Å². The normalized spacial score (nSPS) is 10.9. The van der Waals surface area contributed by atoms with E-state index in [9.17, 15) is 0 Å². The molecular weight excluding hydrogens is 234 g/mol. The lowest BCUT2D eigenvalue weighted by molar-refractivity contribution is 0.759. The number of rotatable bonds is 4. The third kappa shape index (κ3) is 2.68. The fourth-order valence-electron chi connectivity index (χ4n) is 2.21. The third-order valence-electron chi connectivity index (χ3n) is 3.18. The summed E-state index contributed by atoms with van der Waals surface area (Å²) in [5, 5.41) is 8.92. The zero-order chi connectivity index (χ0) is 14.0. The van der Waals surface area contributed by atoms with E-state index >= 15 is 0 Å². The molecule has 0 aliphatic rings. The number of aromatic nitrogens is 2.